The Bertz CT molecular complexity index is 1480. The van der Waals surface area contributed by atoms with Crippen molar-refractivity contribution in [3.63, 3.8) is 0 Å². The minimum absolute atomic E-state index is 0.00861. The Hall–Kier alpha value is -4.20. The third-order valence-electron chi connectivity index (χ3n) is 7.77. The second kappa shape index (κ2) is 9.93. The first-order chi connectivity index (χ1) is 18.5. The van der Waals surface area contributed by atoms with E-state index in [4.69, 9.17) is 4.98 Å². The first-order valence-corrected chi connectivity index (χ1v) is 13.1. The Morgan fingerprint density at radius 2 is 1.50 bits per heavy atom. The van der Waals surface area contributed by atoms with E-state index in [1.165, 1.54) is 25.0 Å². The third kappa shape index (κ3) is 4.51. The van der Waals surface area contributed by atoms with Crippen molar-refractivity contribution in [2.24, 2.45) is 0 Å². The first-order valence-electron chi connectivity index (χ1n) is 13.1. The number of carboxylic acid groups (broad SMARTS) is 1. The zero-order valence-corrected chi connectivity index (χ0v) is 21.0. The average Bonchev–Trinajstić information content (AvgIpc) is 3.61. The predicted molar refractivity (Wildman–Crippen MR) is 144 cm³/mol. The molecule has 1 aliphatic heterocycles. The van der Waals surface area contributed by atoms with Crippen LogP contribution in [0.4, 0.5) is 10.1 Å². The van der Waals surface area contributed by atoms with Gasteiger partial charge in [0.05, 0.1) is 16.6 Å². The van der Waals surface area contributed by atoms with Crippen LogP contribution in [-0.4, -0.2) is 57.6 Å². The number of nitrogens with zero attached hydrogens (tertiary/aromatic N) is 4. The number of amides is 1. The molecule has 2 fully saturated rings. The SMILES string of the molecule is O=C(O)c1ccc2c(c1)nc(-c1ccc(C(=O)N3CCN(c4ccc(F)cc4)CC3)cc1)n2C1CCCC1. The molecule has 2 aliphatic rings. The number of hydrogen-bond acceptors (Lipinski definition) is 4. The quantitative estimate of drug-likeness (QED) is 0.376. The fourth-order valence-electron chi connectivity index (χ4n) is 5.73. The summed E-state index contributed by atoms with van der Waals surface area (Å²) in [5.41, 5.74) is 4.33. The standard InChI is InChI=1S/C30H29FN4O3/c31-23-10-12-24(13-11-23)33-15-17-34(18-16-33)29(36)21-7-5-20(6-8-21)28-32-26-19-22(30(37)38)9-14-27(26)35(28)25-3-1-2-4-25/h5-14,19,25H,1-4,15-18H2,(H,37,38). The number of aromatic nitrogens is 2. The first kappa shape index (κ1) is 24.2. The van der Waals surface area contributed by atoms with Gasteiger partial charge in [-0.3, -0.25) is 4.79 Å². The number of aromatic carboxylic acids is 1. The highest BCUT2D eigenvalue weighted by Crippen LogP contribution is 2.37. The smallest absolute Gasteiger partial charge is 0.335 e. The van der Waals surface area contributed by atoms with Crippen molar-refractivity contribution in [1.29, 1.82) is 0 Å². The van der Waals surface area contributed by atoms with Crippen LogP contribution in [0, 0.1) is 5.82 Å². The molecule has 0 atom stereocenters. The van der Waals surface area contributed by atoms with E-state index in [1.54, 1.807) is 24.3 Å². The van der Waals surface area contributed by atoms with E-state index in [0.29, 0.717) is 43.3 Å². The Morgan fingerprint density at radius 3 is 2.16 bits per heavy atom. The Labute approximate surface area is 220 Å². The molecule has 194 valence electrons. The van der Waals surface area contributed by atoms with Crippen molar-refractivity contribution in [1.82, 2.24) is 14.5 Å². The number of carboxylic acids is 1. The molecule has 0 radical (unpaired) electrons. The van der Waals surface area contributed by atoms with Crippen LogP contribution in [0.3, 0.4) is 0 Å². The monoisotopic (exact) mass is 512 g/mol. The molecule has 1 N–H and O–H groups in total. The van der Waals surface area contributed by atoms with Crippen LogP contribution < -0.4 is 4.90 Å². The number of halogens is 1. The van der Waals surface area contributed by atoms with Crippen molar-refractivity contribution in [2.45, 2.75) is 31.7 Å². The normalized spacial score (nSPS) is 16.3. The fraction of sp³-hybridized carbons (Fsp3) is 0.300. The van der Waals surface area contributed by atoms with Crippen LogP contribution in [0.15, 0.2) is 66.7 Å². The molecule has 0 spiro atoms. The maximum absolute atomic E-state index is 13.2. The van der Waals surface area contributed by atoms with Crippen molar-refractivity contribution in [3.05, 3.63) is 83.7 Å². The lowest BCUT2D eigenvalue weighted by Gasteiger charge is -2.36. The summed E-state index contributed by atoms with van der Waals surface area (Å²) < 4.78 is 15.5. The molecule has 38 heavy (non-hydrogen) atoms. The van der Waals surface area contributed by atoms with Gasteiger partial charge in [-0.15, -0.1) is 0 Å². The van der Waals surface area contributed by atoms with Gasteiger partial charge in [0.25, 0.3) is 5.91 Å². The second-order valence-corrected chi connectivity index (χ2v) is 10.1. The van der Waals surface area contributed by atoms with Crippen LogP contribution in [0.1, 0.15) is 52.4 Å². The van der Waals surface area contributed by atoms with Crippen LogP contribution in [0.5, 0.6) is 0 Å². The Morgan fingerprint density at radius 1 is 0.842 bits per heavy atom. The topological polar surface area (TPSA) is 78.7 Å². The highest BCUT2D eigenvalue weighted by Gasteiger charge is 2.25. The maximum atomic E-state index is 13.2. The van der Waals surface area contributed by atoms with E-state index in [2.05, 4.69) is 9.47 Å². The molecule has 6 rings (SSSR count). The number of carbonyl (C=O) groups excluding carboxylic acids is 1. The molecule has 1 aliphatic carbocycles. The summed E-state index contributed by atoms with van der Waals surface area (Å²) in [7, 11) is 0. The van der Waals surface area contributed by atoms with E-state index in [9.17, 15) is 19.1 Å². The van der Waals surface area contributed by atoms with Gasteiger partial charge >= 0.3 is 5.97 Å². The third-order valence-corrected chi connectivity index (χ3v) is 7.77. The molecule has 1 saturated heterocycles. The van der Waals surface area contributed by atoms with Gasteiger partial charge in [0.1, 0.15) is 11.6 Å². The summed E-state index contributed by atoms with van der Waals surface area (Å²) in [6, 6.07) is 19.5. The second-order valence-electron chi connectivity index (χ2n) is 10.1. The zero-order chi connectivity index (χ0) is 26.2. The van der Waals surface area contributed by atoms with Crippen molar-refractivity contribution in [2.75, 3.05) is 31.1 Å². The average molecular weight is 513 g/mol. The molecule has 8 heteroatoms. The minimum Gasteiger partial charge on any atom is -0.478 e. The van der Waals surface area contributed by atoms with Crippen LogP contribution >= 0.6 is 0 Å². The van der Waals surface area contributed by atoms with Gasteiger partial charge in [0.2, 0.25) is 0 Å². The minimum atomic E-state index is -0.967. The van der Waals surface area contributed by atoms with Gasteiger partial charge in [0, 0.05) is 49.0 Å². The number of anilines is 1. The molecule has 0 unspecified atom stereocenters. The lowest BCUT2D eigenvalue weighted by atomic mass is 10.1. The summed E-state index contributed by atoms with van der Waals surface area (Å²) in [6.45, 7) is 2.58. The lowest BCUT2D eigenvalue weighted by Crippen LogP contribution is -2.48. The van der Waals surface area contributed by atoms with Crippen LogP contribution in [0.2, 0.25) is 0 Å². The van der Waals surface area contributed by atoms with Gasteiger partial charge in [-0.25, -0.2) is 14.2 Å². The zero-order valence-electron chi connectivity index (χ0n) is 21.0. The molecule has 4 aromatic rings. The highest BCUT2D eigenvalue weighted by atomic mass is 19.1. The van der Waals surface area contributed by atoms with Gasteiger partial charge in [-0.05, 0) is 67.4 Å². The summed E-state index contributed by atoms with van der Waals surface area (Å²) in [5.74, 6) is -0.424. The highest BCUT2D eigenvalue weighted by molar-refractivity contribution is 5.95. The number of hydrogen-bond donors (Lipinski definition) is 1. The van der Waals surface area contributed by atoms with Crippen molar-refractivity contribution in [3.8, 4) is 11.4 Å². The van der Waals surface area contributed by atoms with Gasteiger partial charge < -0.3 is 19.5 Å². The van der Waals surface area contributed by atoms with E-state index in [-0.39, 0.29) is 17.3 Å². The number of rotatable bonds is 5. The molecule has 3 aromatic carbocycles. The van der Waals surface area contributed by atoms with Gasteiger partial charge in [-0.2, -0.15) is 0 Å². The maximum Gasteiger partial charge on any atom is 0.335 e. The number of carbonyl (C=O) groups is 2. The van der Waals surface area contributed by atoms with E-state index >= 15 is 0 Å². The Balaban J connectivity index is 1.22. The molecule has 7 nitrogen and oxygen atoms in total. The number of piperazine rings is 1. The summed E-state index contributed by atoms with van der Waals surface area (Å²) >= 11 is 0. The molecular weight excluding hydrogens is 483 g/mol. The molecular formula is C30H29FN4O3. The molecule has 2 heterocycles. The molecule has 1 aromatic heterocycles. The summed E-state index contributed by atoms with van der Waals surface area (Å²) in [5, 5.41) is 9.43. The van der Waals surface area contributed by atoms with Crippen molar-refractivity contribution >= 4 is 28.6 Å². The fourth-order valence-corrected chi connectivity index (χ4v) is 5.73. The molecule has 1 saturated carbocycles. The van der Waals surface area contributed by atoms with E-state index in [0.717, 1.165) is 35.4 Å². The Kier molecular flexibility index (Phi) is 6.31. The summed E-state index contributed by atoms with van der Waals surface area (Å²) in [6.07, 6.45) is 4.47. The van der Waals surface area contributed by atoms with Crippen LogP contribution in [0.25, 0.3) is 22.4 Å². The summed E-state index contributed by atoms with van der Waals surface area (Å²) in [4.78, 5) is 33.6. The van der Waals surface area contributed by atoms with Crippen molar-refractivity contribution < 1.29 is 19.1 Å². The molecule has 0 bridgehead atoms. The molecule has 1 amide bonds. The van der Waals surface area contributed by atoms with E-state index in [1.807, 2.05) is 35.2 Å². The number of imidazole rings is 1. The van der Waals surface area contributed by atoms with Gasteiger partial charge in [-0.1, -0.05) is 25.0 Å². The van der Waals surface area contributed by atoms with Crippen LogP contribution in [-0.2, 0) is 0 Å². The number of benzene rings is 3. The van der Waals surface area contributed by atoms with Gasteiger partial charge in [0.15, 0.2) is 0 Å². The van der Waals surface area contributed by atoms with E-state index < -0.39 is 5.97 Å². The number of fused-ring (bicyclic) bond motifs is 1. The predicted octanol–water partition coefficient (Wildman–Crippen LogP) is 5.62. The lowest BCUT2D eigenvalue weighted by molar-refractivity contribution is 0.0695. The largest absolute Gasteiger partial charge is 0.478 e.